The molecule has 5 rings (SSSR count). The number of ether oxygens (including phenoxy) is 4. The summed E-state index contributed by atoms with van der Waals surface area (Å²) in [6.45, 7) is 14.6. The average Bonchev–Trinajstić information content (AvgIpc) is 3.34. The van der Waals surface area contributed by atoms with E-state index in [0.29, 0.717) is 12.8 Å². The topological polar surface area (TPSA) is 111 Å². The van der Waals surface area contributed by atoms with Crippen LogP contribution in [0.25, 0.3) is 0 Å². The molecule has 0 N–H and O–H groups in total. The Morgan fingerprint density at radius 1 is 0.848 bits per heavy atom. The Labute approximate surface area is 275 Å². The van der Waals surface area contributed by atoms with Crippen molar-refractivity contribution in [3.63, 3.8) is 0 Å². The van der Waals surface area contributed by atoms with Gasteiger partial charge in [-0.2, -0.15) is 0 Å². The number of hydrogen-bond acceptors (Lipinski definition) is 8. The maximum Gasteiger partial charge on any atom is 0.237 e. The number of hydrogen-bond donors (Lipinski definition) is 0. The van der Waals surface area contributed by atoms with Crippen LogP contribution in [-0.4, -0.2) is 37.1 Å². The molecule has 3 aromatic carbocycles. The number of rotatable bonds is 13. The molecule has 0 saturated heterocycles. The summed E-state index contributed by atoms with van der Waals surface area (Å²) >= 11 is 0. The average molecular weight is 667 g/mol. The Bertz CT molecular complexity index is 1530. The van der Waals surface area contributed by atoms with Crippen LogP contribution >= 0.6 is 0 Å². The molecule has 8 nitrogen and oxygen atoms in total. The first-order valence-electron chi connectivity index (χ1n) is 15.1. The molecule has 0 heterocycles. The molecule has 10 heteroatoms. The lowest BCUT2D eigenvalue weighted by Gasteiger charge is -2.37. The Balaban J connectivity index is 0.000000266. The molecule has 0 amide bonds. The lowest BCUT2D eigenvalue weighted by molar-refractivity contribution is -0.128. The van der Waals surface area contributed by atoms with Crippen LogP contribution in [0.5, 0.6) is 11.5 Å². The summed E-state index contributed by atoms with van der Waals surface area (Å²) in [5.41, 5.74) is -1.22. The predicted octanol–water partition coefficient (Wildman–Crippen LogP) is 7.48. The highest BCUT2D eigenvalue weighted by atomic mass is 32.2. The standard InChI is InChI=1S/C26H27O4S.C10H16O4S/c1-5-27-20(3)29-22-12-16-25(17-13-22)31(24-10-8-7-9-11-24)26-18-14-23(15-19-26)30-21(4)28-6-2;1-9(2)7-3-4-10(9,8(11)5-7)6-15(12,13)14/h5-21H,1-2H2,3-4H3;7H,3-6H2,1-2H3,(H,12,13,14)/q+1;/p-1. The molecule has 0 aromatic heterocycles. The summed E-state index contributed by atoms with van der Waals surface area (Å²) in [5.74, 6) is 1.21. The first-order chi connectivity index (χ1) is 21.8. The van der Waals surface area contributed by atoms with Crippen LogP contribution in [0, 0.1) is 16.7 Å². The molecule has 4 atom stereocenters. The third-order valence-electron chi connectivity index (χ3n) is 8.84. The highest BCUT2D eigenvalue weighted by Crippen LogP contribution is 2.64. The molecule has 246 valence electrons. The smallest absolute Gasteiger partial charge is 0.237 e. The minimum absolute atomic E-state index is 0.0248. The van der Waals surface area contributed by atoms with Crippen molar-refractivity contribution in [3.05, 3.63) is 105 Å². The molecule has 2 bridgehead atoms. The van der Waals surface area contributed by atoms with Gasteiger partial charge in [-0.1, -0.05) is 45.2 Å². The first kappa shape index (κ1) is 35.1. The first-order valence-corrected chi connectivity index (χ1v) is 17.9. The van der Waals surface area contributed by atoms with Crippen molar-refractivity contribution in [2.75, 3.05) is 5.75 Å². The maximum absolute atomic E-state index is 11.8. The minimum atomic E-state index is -4.33. The van der Waals surface area contributed by atoms with Gasteiger partial charge in [0.1, 0.15) is 17.3 Å². The number of carbonyl (C=O) groups is 1. The third kappa shape index (κ3) is 8.15. The molecule has 0 radical (unpaired) electrons. The second-order valence-electron chi connectivity index (χ2n) is 11.9. The van der Waals surface area contributed by atoms with Crippen LogP contribution in [-0.2, 0) is 35.3 Å². The van der Waals surface area contributed by atoms with Crippen LogP contribution in [0.1, 0.15) is 47.0 Å². The number of carbonyl (C=O) groups excluding carboxylic acids is 1. The van der Waals surface area contributed by atoms with E-state index in [1.165, 1.54) is 27.2 Å². The molecule has 0 spiro atoms. The van der Waals surface area contributed by atoms with Gasteiger partial charge in [0, 0.05) is 25.7 Å². The van der Waals surface area contributed by atoms with Crippen LogP contribution in [0.4, 0.5) is 0 Å². The SMILES string of the molecule is C=COC(C)Oc1ccc([S+](c2ccccc2)c2ccc(OC(C)OC=C)cc2)cc1.CC1(C)C2CCC1(CS(=O)(=O)[O-])C(=O)C2. The second-order valence-corrected chi connectivity index (χ2v) is 15.3. The Morgan fingerprint density at radius 2 is 1.30 bits per heavy atom. The van der Waals surface area contributed by atoms with Gasteiger partial charge in [0.05, 0.1) is 39.3 Å². The number of benzene rings is 3. The van der Waals surface area contributed by atoms with E-state index >= 15 is 0 Å². The van der Waals surface area contributed by atoms with E-state index in [-0.39, 0.29) is 28.0 Å². The summed E-state index contributed by atoms with van der Waals surface area (Å²) in [5, 5.41) is 0. The Morgan fingerprint density at radius 3 is 1.67 bits per heavy atom. The fraction of sp³-hybridized carbons (Fsp3) is 0.361. The Hall–Kier alpha value is -3.73. The van der Waals surface area contributed by atoms with Gasteiger partial charge in [-0.05, 0) is 84.8 Å². The zero-order valence-electron chi connectivity index (χ0n) is 26.7. The van der Waals surface area contributed by atoms with Crippen molar-refractivity contribution >= 4 is 26.8 Å². The minimum Gasteiger partial charge on any atom is -0.748 e. The second kappa shape index (κ2) is 14.8. The summed E-state index contributed by atoms with van der Waals surface area (Å²) in [6, 6.07) is 26.7. The molecular weight excluding hydrogens is 625 g/mol. The number of ketones is 1. The quantitative estimate of drug-likeness (QED) is 0.0799. The van der Waals surface area contributed by atoms with Gasteiger partial charge >= 0.3 is 0 Å². The molecule has 4 unspecified atom stereocenters. The molecule has 2 aliphatic carbocycles. The summed E-state index contributed by atoms with van der Waals surface area (Å²) in [6.07, 6.45) is 3.85. The molecule has 2 aliphatic rings. The van der Waals surface area contributed by atoms with Crippen LogP contribution in [0.15, 0.2) is 119 Å². The summed E-state index contributed by atoms with van der Waals surface area (Å²) < 4.78 is 54.6. The number of Topliss-reactive ketones (excluding diaryl/α,β-unsaturated/α-hetero) is 1. The van der Waals surface area contributed by atoms with Crippen LogP contribution in [0.3, 0.4) is 0 Å². The molecule has 46 heavy (non-hydrogen) atoms. The van der Waals surface area contributed by atoms with Crippen LogP contribution in [0.2, 0.25) is 0 Å². The molecule has 2 fully saturated rings. The predicted molar refractivity (Wildman–Crippen MR) is 177 cm³/mol. The lowest BCUT2D eigenvalue weighted by atomic mass is 9.70. The van der Waals surface area contributed by atoms with E-state index in [9.17, 15) is 17.8 Å². The van der Waals surface area contributed by atoms with Gasteiger partial charge in [-0.3, -0.25) is 4.79 Å². The van der Waals surface area contributed by atoms with Crippen molar-refractivity contribution in [2.24, 2.45) is 16.7 Å². The van der Waals surface area contributed by atoms with Crippen molar-refractivity contribution in [1.82, 2.24) is 0 Å². The van der Waals surface area contributed by atoms with Gasteiger partial charge in [-0.25, -0.2) is 8.42 Å². The summed E-state index contributed by atoms with van der Waals surface area (Å²) in [7, 11) is -4.60. The largest absolute Gasteiger partial charge is 0.748 e. The van der Waals surface area contributed by atoms with Crippen LogP contribution < -0.4 is 9.47 Å². The highest BCUT2D eigenvalue weighted by molar-refractivity contribution is 7.97. The highest BCUT2D eigenvalue weighted by Gasteiger charge is 2.64. The van der Waals surface area contributed by atoms with Crippen molar-refractivity contribution < 1.29 is 36.7 Å². The fourth-order valence-corrected chi connectivity index (χ4v) is 9.74. The fourth-order valence-electron chi connectivity index (χ4n) is 6.39. The molecule has 0 aliphatic heterocycles. The van der Waals surface area contributed by atoms with E-state index in [0.717, 1.165) is 17.9 Å². The molecule has 2 saturated carbocycles. The molecular formula is C36H42O8S2. The van der Waals surface area contributed by atoms with E-state index in [1.54, 1.807) is 0 Å². The Kier molecular flexibility index (Phi) is 11.3. The zero-order valence-corrected chi connectivity index (χ0v) is 28.4. The van der Waals surface area contributed by atoms with E-state index < -0.39 is 33.9 Å². The summed E-state index contributed by atoms with van der Waals surface area (Å²) in [4.78, 5) is 15.5. The van der Waals surface area contributed by atoms with Crippen molar-refractivity contribution in [1.29, 1.82) is 0 Å². The monoisotopic (exact) mass is 666 g/mol. The normalized spacial score (nSPS) is 21.6. The van der Waals surface area contributed by atoms with Gasteiger partial charge in [0.2, 0.25) is 12.6 Å². The van der Waals surface area contributed by atoms with Crippen molar-refractivity contribution in [3.8, 4) is 11.5 Å². The van der Waals surface area contributed by atoms with E-state index in [1.807, 2.05) is 58.0 Å². The van der Waals surface area contributed by atoms with Gasteiger partial charge in [0.25, 0.3) is 0 Å². The number of fused-ring (bicyclic) bond motifs is 2. The van der Waals surface area contributed by atoms with Crippen molar-refractivity contribution in [2.45, 2.75) is 74.2 Å². The third-order valence-corrected chi connectivity index (χ3v) is 11.9. The maximum atomic E-state index is 11.8. The van der Waals surface area contributed by atoms with Gasteiger partial charge in [-0.15, -0.1) is 0 Å². The van der Waals surface area contributed by atoms with E-state index in [4.69, 9.17) is 18.9 Å². The molecule has 3 aromatic rings. The van der Waals surface area contributed by atoms with E-state index in [2.05, 4.69) is 61.7 Å². The zero-order chi connectivity index (χ0) is 33.5. The van der Waals surface area contributed by atoms with Gasteiger partial charge in [0.15, 0.2) is 14.7 Å². The lowest BCUT2D eigenvalue weighted by Crippen LogP contribution is -2.42. The van der Waals surface area contributed by atoms with Gasteiger partial charge < -0.3 is 23.5 Å².